The summed E-state index contributed by atoms with van der Waals surface area (Å²) in [6.45, 7) is 4.47. The summed E-state index contributed by atoms with van der Waals surface area (Å²) in [5, 5.41) is 7.52. The summed E-state index contributed by atoms with van der Waals surface area (Å²) in [6.07, 6.45) is 1.72. The Hall–Kier alpha value is -3.89. The monoisotopic (exact) mass is 565 g/mol. The van der Waals surface area contributed by atoms with Gasteiger partial charge in [0.05, 0.1) is 37.4 Å². The average molecular weight is 566 g/mol. The highest BCUT2D eigenvalue weighted by atomic mass is 32.1. The summed E-state index contributed by atoms with van der Waals surface area (Å²) < 4.78 is 16.6. The Balaban J connectivity index is 1.76. The molecular weight excluding hydrogens is 530 g/mol. The Bertz CT molecular complexity index is 1320. The minimum absolute atomic E-state index is 0.0792. The molecule has 2 heterocycles. The fourth-order valence-electron chi connectivity index (χ4n) is 4.88. The molecule has 1 fully saturated rings. The van der Waals surface area contributed by atoms with Gasteiger partial charge < -0.3 is 24.8 Å². The number of carbonyl (C=O) groups is 3. The molecule has 0 aliphatic carbocycles. The third-order valence-electron chi connectivity index (χ3n) is 6.85. The Kier molecular flexibility index (Phi) is 9.79. The van der Waals surface area contributed by atoms with Crippen molar-refractivity contribution in [2.45, 2.75) is 38.8 Å². The van der Waals surface area contributed by atoms with Crippen LogP contribution < -0.4 is 25.0 Å². The van der Waals surface area contributed by atoms with Gasteiger partial charge in [0.2, 0.25) is 11.8 Å². The first-order valence-corrected chi connectivity index (χ1v) is 14.0. The normalized spacial score (nSPS) is 15.2. The highest BCUT2D eigenvalue weighted by Gasteiger charge is 2.35. The van der Waals surface area contributed by atoms with Gasteiger partial charge in [-0.15, -0.1) is 11.3 Å². The highest BCUT2D eigenvalue weighted by molar-refractivity contribution is 7.12. The molecule has 2 N–H and O–H groups in total. The van der Waals surface area contributed by atoms with Crippen LogP contribution in [0.15, 0.2) is 53.9 Å². The molecule has 1 saturated heterocycles. The molecule has 0 spiro atoms. The van der Waals surface area contributed by atoms with Gasteiger partial charge in [-0.05, 0) is 67.0 Å². The summed E-state index contributed by atoms with van der Waals surface area (Å²) in [4.78, 5) is 42.7. The molecule has 1 aromatic heterocycles. The van der Waals surface area contributed by atoms with Gasteiger partial charge in [-0.1, -0.05) is 30.3 Å². The predicted octanol–water partition coefficient (Wildman–Crippen LogP) is 4.18. The van der Waals surface area contributed by atoms with Crippen LogP contribution in [0.2, 0.25) is 0 Å². The van der Waals surface area contributed by atoms with Gasteiger partial charge in [-0.2, -0.15) is 0 Å². The van der Waals surface area contributed by atoms with Gasteiger partial charge in [0.1, 0.15) is 6.04 Å². The summed E-state index contributed by atoms with van der Waals surface area (Å²) >= 11 is 1.29. The first-order chi connectivity index (χ1) is 19.3. The molecule has 1 aliphatic rings. The molecule has 2 unspecified atom stereocenters. The zero-order valence-electron chi connectivity index (χ0n) is 23.2. The molecule has 1 aliphatic heterocycles. The molecule has 3 aromatic rings. The molecule has 9 nitrogen and oxygen atoms in total. The molecular formula is C30H35N3O6S. The summed E-state index contributed by atoms with van der Waals surface area (Å²) in [6, 6.07) is 13.2. The third kappa shape index (κ3) is 6.63. The smallest absolute Gasteiger partial charge is 0.261 e. The molecule has 2 atom stereocenters. The van der Waals surface area contributed by atoms with E-state index in [1.54, 1.807) is 35.7 Å². The van der Waals surface area contributed by atoms with Crippen molar-refractivity contribution in [3.8, 4) is 11.5 Å². The lowest BCUT2D eigenvalue weighted by atomic mass is 9.99. The van der Waals surface area contributed by atoms with E-state index in [2.05, 4.69) is 10.6 Å². The highest BCUT2D eigenvalue weighted by Crippen LogP contribution is 2.37. The summed E-state index contributed by atoms with van der Waals surface area (Å²) in [7, 11) is 3.05. The van der Waals surface area contributed by atoms with Crippen LogP contribution in [0.3, 0.4) is 0 Å². The van der Waals surface area contributed by atoms with Crippen LogP contribution in [-0.4, -0.2) is 57.7 Å². The first kappa shape index (κ1) is 29.1. The number of thiophene rings is 1. The number of aryl methyl sites for hydroxylation is 2. The SMILES string of the molecule is COc1ccc(C(C(=O)NCC2CCCO2)N(C(=O)CNC(=O)c2cccs2)c2c(C)cccc2C)cc1OC. The molecule has 10 heteroatoms. The van der Waals surface area contributed by atoms with E-state index in [4.69, 9.17) is 14.2 Å². The van der Waals surface area contributed by atoms with Crippen molar-refractivity contribution >= 4 is 34.7 Å². The molecule has 3 amide bonds. The molecule has 0 saturated carbocycles. The van der Waals surface area contributed by atoms with E-state index in [-0.39, 0.29) is 24.5 Å². The number of methoxy groups -OCH3 is 2. The number of nitrogens with one attached hydrogen (secondary N) is 2. The van der Waals surface area contributed by atoms with Gasteiger partial charge in [0.15, 0.2) is 11.5 Å². The second-order valence-electron chi connectivity index (χ2n) is 9.56. The Morgan fingerprint density at radius 1 is 1.02 bits per heavy atom. The zero-order valence-corrected chi connectivity index (χ0v) is 24.0. The second-order valence-corrected chi connectivity index (χ2v) is 10.5. The van der Waals surface area contributed by atoms with Gasteiger partial charge in [0, 0.05) is 13.2 Å². The number of hydrogen-bond acceptors (Lipinski definition) is 7. The van der Waals surface area contributed by atoms with Gasteiger partial charge in [-0.3, -0.25) is 19.3 Å². The lowest BCUT2D eigenvalue weighted by Gasteiger charge is -2.34. The number of benzene rings is 2. The van der Waals surface area contributed by atoms with Crippen molar-refractivity contribution in [3.05, 3.63) is 75.5 Å². The van der Waals surface area contributed by atoms with Crippen LogP contribution >= 0.6 is 11.3 Å². The second kappa shape index (κ2) is 13.5. The number of anilines is 1. The Morgan fingerprint density at radius 2 is 1.77 bits per heavy atom. The fourth-order valence-corrected chi connectivity index (χ4v) is 5.52. The molecule has 40 heavy (non-hydrogen) atoms. The van der Waals surface area contributed by atoms with Gasteiger partial charge in [-0.25, -0.2) is 0 Å². The third-order valence-corrected chi connectivity index (χ3v) is 7.72. The van der Waals surface area contributed by atoms with Crippen LogP contribution in [-0.2, 0) is 14.3 Å². The van der Waals surface area contributed by atoms with Crippen LogP contribution in [0.5, 0.6) is 11.5 Å². The molecule has 0 bridgehead atoms. The standard InChI is InChI=1S/C30H35N3O6S/c1-19-8-5-9-20(2)27(19)33(26(34)18-32-29(35)25-11-7-15-40-25)28(30(36)31-17-22-10-6-14-39-22)21-12-13-23(37-3)24(16-21)38-4/h5,7-9,11-13,15-16,22,28H,6,10,14,17-18H2,1-4H3,(H,31,36)(H,32,35). The number of rotatable bonds is 11. The lowest BCUT2D eigenvalue weighted by molar-refractivity contribution is -0.126. The number of hydrogen-bond donors (Lipinski definition) is 2. The Morgan fingerprint density at radius 3 is 2.40 bits per heavy atom. The van der Waals surface area contributed by atoms with Gasteiger partial charge >= 0.3 is 0 Å². The minimum Gasteiger partial charge on any atom is -0.493 e. The lowest BCUT2D eigenvalue weighted by Crippen LogP contribution is -2.49. The summed E-state index contributed by atoms with van der Waals surface area (Å²) in [5.74, 6) is -0.234. The van der Waals surface area contributed by atoms with Crippen molar-refractivity contribution in [1.29, 1.82) is 0 Å². The number of amides is 3. The quantitative estimate of drug-likeness (QED) is 0.361. The predicted molar refractivity (Wildman–Crippen MR) is 154 cm³/mol. The van der Waals surface area contributed by atoms with Crippen LogP contribution in [0, 0.1) is 13.8 Å². The maximum absolute atomic E-state index is 14.0. The van der Waals surface area contributed by atoms with E-state index in [0.29, 0.717) is 40.8 Å². The van der Waals surface area contributed by atoms with Gasteiger partial charge in [0.25, 0.3) is 5.91 Å². The molecule has 0 radical (unpaired) electrons. The largest absolute Gasteiger partial charge is 0.493 e. The molecule has 2 aromatic carbocycles. The fraction of sp³-hybridized carbons (Fsp3) is 0.367. The molecule has 4 rings (SSSR count). The van der Waals surface area contributed by atoms with E-state index in [9.17, 15) is 14.4 Å². The zero-order chi connectivity index (χ0) is 28.6. The van der Waals surface area contributed by atoms with Crippen molar-refractivity contribution in [2.75, 3.05) is 38.8 Å². The minimum atomic E-state index is -1.06. The van der Waals surface area contributed by atoms with Crippen molar-refractivity contribution in [3.63, 3.8) is 0 Å². The van der Waals surface area contributed by atoms with Crippen molar-refractivity contribution in [1.82, 2.24) is 10.6 Å². The van der Waals surface area contributed by atoms with E-state index in [1.807, 2.05) is 32.0 Å². The number of ether oxygens (including phenoxy) is 3. The number of nitrogens with zero attached hydrogens (tertiary/aromatic N) is 1. The van der Waals surface area contributed by atoms with E-state index in [1.165, 1.54) is 30.5 Å². The van der Waals surface area contributed by atoms with Crippen molar-refractivity contribution < 1.29 is 28.6 Å². The average Bonchev–Trinajstić information content (AvgIpc) is 3.69. The van der Waals surface area contributed by atoms with Crippen LogP contribution in [0.4, 0.5) is 5.69 Å². The Labute approximate surface area is 238 Å². The number of para-hydroxylation sites is 1. The van der Waals surface area contributed by atoms with E-state index in [0.717, 1.165) is 24.0 Å². The number of carbonyl (C=O) groups excluding carboxylic acids is 3. The first-order valence-electron chi connectivity index (χ1n) is 13.1. The van der Waals surface area contributed by atoms with Crippen LogP contribution in [0.25, 0.3) is 0 Å². The summed E-state index contributed by atoms with van der Waals surface area (Å²) in [5.41, 5.74) is 2.76. The topological polar surface area (TPSA) is 106 Å². The van der Waals surface area contributed by atoms with E-state index >= 15 is 0 Å². The molecule has 212 valence electrons. The van der Waals surface area contributed by atoms with Crippen molar-refractivity contribution in [2.24, 2.45) is 0 Å². The maximum atomic E-state index is 14.0. The van der Waals surface area contributed by atoms with Crippen LogP contribution in [0.1, 0.15) is 45.2 Å². The van der Waals surface area contributed by atoms with E-state index < -0.39 is 11.9 Å². The maximum Gasteiger partial charge on any atom is 0.261 e.